The molecule has 3 rings (SSSR count). The second-order valence-electron chi connectivity index (χ2n) is 9.41. The second-order valence-corrected chi connectivity index (χ2v) is 9.41. The minimum Gasteiger partial charge on any atom is -0.301 e. The zero-order valence-corrected chi connectivity index (χ0v) is 17.8. The summed E-state index contributed by atoms with van der Waals surface area (Å²) in [4.78, 5) is 2.53. The van der Waals surface area contributed by atoms with E-state index in [1.165, 1.54) is 77.3 Å². The quantitative estimate of drug-likeness (QED) is 0.528. The van der Waals surface area contributed by atoms with Gasteiger partial charge in [-0.1, -0.05) is 79.1 Å². The molecule has 0 amide bonds. The largest absolute Gasteiger partial charge is 0.301 e. The van der Waals surface area contributed by atoms with Crippen LogP contribution in [-0.4, -0.2) is 24.0 Å². The first-order valence-corrected chi connectivity index (χ1v) is 11.2. The molecule has 1 nitrogen and oxygen atoms in total. The second kappa shape index (κ2) is 12.3. The summed E-state index contributed by atoms with van der Waals surface area (Å²) < 4.78 is 0. The topological polar surface area (TPSA) is 3.24 Å². The molecule has 0 spiro atoms. The van der Waals surface area contributed by atoms with Gasteiger partial charge in [0.25, 0.3) is 0 Å². The highest BCUT2D eigenvalue weighted by atomic mass is 15.2. The molecular weight excluding hydrogens is 290 g/mol. The van der Waals surface area contributed by atoms with E-state index in [4.69, 9.17) is 0 Å². The van der Waals surface area contributed by atoms with Crippen molar-refractivity contribution in [2.24, 2.45) is 23.7 Å². The maximum absolute atomic E-state index is 2.53. The number of hydrogen-bond acceptors (Lipinski definition) is 1. The molecule has 1 saturated heterocycles. The normalized spacial score (nSPS) is 22.9. The van der Waals surface area contributed by atoms with Crippen LogP contribution in [0.2, 0.25) is 0 Å². The van der Waals surface area contributed by atoms with E-state index in [1.807, 2.05) is 0 Å². The van der Waals surface area contributed by atoms with Crippen molar-refractivity contribution in [1.82, 2.24) is 4.90 Å². The summed E-state index contributed by atoms with van der Waals surface area (Å²) in [6.07, 6.45) is 14.8. The van der Waals surface area contributed by atoms with Crippen LogP contribution in [0.25, 0.3) is 0 Å². The molecule has 0 aromatic rings. The van der Waals surface area contributed by atoms with Crippen molar-refractivity contribution in [1.29, 1.82) is 0 Å². The Hall–Kier alpha value is -0.0400. The van der Waals surface area contributed by atoms with Crippen LogP contribution in [0.4, 0.5) is 0 Å². The van der Waals surface area contributed by atoms with Crippen molar-refractivity contribution in [2.75, 3.05) is 13.1 Å². The van der Waals surface area contributed by atoms with Crippen molar-refractivity contribution >= 4 is 0 Å². The van der Waals surface area contributed by atoms with Crippen LogP contribution in [0.5, 0.6) is 0 Å². The van der Waals surface area contributed by atoms with Crippen molar-refractivity contribution < 1.29 is 0 Å². The van der Waals surface area contributed by atoms with Crippen LogP contribution < -0.4 is 0 Å². The molecule has 0 bridgehead atoms. The first kappa shape index (κ1) is 22.0. The summed E-state index contributed by atoms with van der Waals surface area (Å²) in [7, 11) is 0. The number of nitrogens with zero attached hydrogens (tertiary/aromatic N) is 1. The standard InChI is InChI=1S/2C8H16.C7H15N/c3*1-7(2)8-5-3-4-6-8/h2*7-8H,3-6H2,1-2H3;7H,3-6H2,1-2H3. The third-order valence-corrected chi connectivity index (χ3v) is 6.56. The molecule has 2 saturated carbocycles. The van der Waals surface area contributed by atoms with Gasteiger partial charge < -0.3 is 4.90 Å². The van der Waals surface area contributed by atoms with Crippen LogP contribution in [0, 0.1) is 23.7 Å². The molecular formula is C23H47N. The van der Waals surface area contributed by atoms with Crippen molar-refractivity contribution in [3.63, 3.8) is 0 Å². The minimum absolute atomic E-state index is 0.775. The summed E-state index contributed by atoms with van der Waals surface area (Å²) in [6, 6.07) is 0.775. The van der Waals surface area contributed by atoms with Gasteiger partial charge in [0.2, 0.25) is 0 Å². The lowest BCUT2D eigenvalue weighted by Crippen LogP contribution is -2.26. The van der Waals surface area contributed by atoms with Crippen LogP contribution >= 0.6 is 0 Å². The van der Waals surface area contributed by atoms with E-state index in [0.29, 0.717) is 0 Å². The molecule has 0 N–H and O–H groups in total. The number of rotatable bonds is 3. The van der Waals surface area contributed by atoms with E-state index < -0.39 is 0 Å². The van der Waals surface area contributed by atoms with Gasteiger partial charge >= 0.3 is 0 Å². The van der Waals surface area contributed by atoms with Crippen molar-refractivity contribution in [2.45, 2.75) is 112 Å². The molecule has 0 radical (unpaired) electrons. The summed E-state index contributed by atoms with van der Waals surface area (Å²) in [6.45, 7) is 16.6. The van der Waals surface area contributed by atoms with Crippen LogP contribution in [0.3, 0.4) is 0 Å². The fourth-order valence-corrected chi connectivity index (χ4v) is 4.51. The molecule has 1 heteroatoms. The molecule has 1 heterocycles. The summed E-state index contributed by atoms with van der Waals surface area (Å²) >= 11 is 0. The van der Waals surface area contributed by atoms with Gasteiger partial charge in [-0.05, 0) is 63.5 Å². The van der Waals surface area contributed by atoms with Gasteiger partial charge in [-0.15, -0.1) is 0 Å². The Balaban J connectivity index is 0.000000180. The smallest absolute Gasteiger partial charge is 0.00385 e. The highest BCUT2D eigenvalue weighted by molar-refractivity contribution is 4.70. The maximum atomic E-state index is 2.53. The Kier molecular flexibility index (Phi) is 11.3. The monoisotopic (exact) mass is 337 g/mol. The third kappa shape index (κ3) is 8.88. The van der Waals surface area contributed by atoms with E-state index >= 15 is 0 Å². The summed E-state index contributed by atoms with van der Waals surface area (Å²) in [5.41, 5.74) is 0. The lowest BCUT2D eigenvalue weighted by molar-refractivity contribution is 0.276. The Bertz CT molecular complexity index is 229. The Labute approximate surface area is 154 Å². The predicted octanol–water partition coefficient (Wildman–Crippen LogP) is 7.16. The minimum atomic E-state index is 0.775. The number of likely N-dealkylation sites (tertiary alicyclic amines) is 1. The predicted molar refractivity (Wildman–Crippen MR) is 110 cm³/mol. The zero-order chi connectivity index (χ0) is 17.9. The van der Waals surface area contributed by atoms with Crippen molar-refractivity contribution in [3.8, 4) is 0 Å². The van der Waals surface area contributed by atoms with Gasteiger partial charge in [-0.25, -0.2) is 0 Å². The highest BCUT2D eigenvalue weighted by Crippen LogP contribution is 2.31. The first-order valence-electron chi connectivity index (χ1n) is 11.2. The molecule has 24 heavy (non-hydrogen) atoms. The van der Waals surface area contributed by atoms with Gasteiger partial charge in [0.1, 0.15) is 0 Å². The van der Waals surface area contributed by atoms with Crippen LogP contribution in [0.15, 0.2) is 0 Å². The average molecular weight is 338 g/mol. The van der Waals surface area contributed by atoms with Gasteiger partial charge in [-0.2, -0.15) is 0 Å². The Morgan fingerprint density at radius 3 is 1.04 bits per heavy atom. The lowest BCUT2D eigenvalue weighted by Gasteiger charge is -2.18. The van der Waals surface area contributed by atoms with Gasteiger partial charge in [0, 0.05) is 6.04 Å². The zero-order valence-electron chi connectivity index (χ0n) is 17.8. The van der Waals surface area contributed by atoms with E-state index in [2.05, 4.69) is 46.4 Å². The fourth-order valence-electron chi connectivity index (χ4n) is 4.51. The van der Waals surface area contributed by atoms with Gasteiger partial charge in [0.15, 0.2) is 0 Å². The fraction of sp³-hybridized carbons (Fsp3) is 1.00. The molecule has 0 aromatic carbocycles. The lowest BCUT2D eigenvalue weighted by atomic mass is 9.95. The molecule has 144 valence electrons. The molecule has 1 aliphatic heterocycles. The molecule has 0 atom stereocenters. The van der Waals surface area contributed by atoms with E-state index in [9.17, 15) is 0 Å². The Morgan fingerprint density at radius 1 is 0.542 bits per heavy atom. The third-order valence-electron chi connectivity index (χ3n) is 6.56. The van der Waals surface area contributed by atoms with E-state index in [1.54, 1.807) is 0 Å². The van der Waals surface area contributed by atoms with E-state index in [0.717, 1.165) is 29.7 Å². The molecule has 0 aromatic heterocycles. The SMILES string of the molecule is CC(C)C1CCCC1.CC(C)C1CCCC1.CC(C)N1CCCC1. The van der Waals surface area contributed by atoms with Crippen LogP contribution in [0.1, 0.15) is 106 Å². The highest BCUT2D eigenvalue weighted by Gasteiger charge is 2.18. The Morgan fingerprint density at radius 2 is 0.875 bits per heavy atom. The summed E-state index contributed by atoms with van der Waals surface area (Å²) in [5.74, 6) is 4.01. The van der Waals surface area contributed by atoms with Gasteiger partial charge in [0.05, 0.1) is 0 Å². The first-order chi connectivity index (χ1) is 11.4. The maximum Gasteiger partial charge on any atom is 0.00385 e. The average Bonchev–Trinajstić information content (AvgIpc) is 3.29. The van der Waals surface area contributed by atoms with Gasteiger partial charge in [-0.3, -0.25) is 0 Å². The molecule has 0 unspecified atom stereocenters. The number of hydrogen-bond donors (Lipinski definition) is 0. The molecule has 2 aliphatic carbocycles. The van der Waals surface area contributed by atoms with Crippen LogP contribution in [-0.2, 0) is 0 Å². The molecule has 3 aliphatic rings. The summed E-state index contributed by atoms with van der Waals surface area (Å²) in [5, 5.41) is 0. The molecule has 3 fully saturated rings. The van der Waals surface area contributed by atoms with E-state index in [-0.39, 0.29) is 0 Å². The van der Waals surface area contributed by atoms with Crippen molar-refractivity contribution in [3.05, 3.63) is 0 Å².